The Bertz CT molecular complexity index is 422. The summed E-state index contributed by atoms with van der Waals surface area (Å²) in [6.07, 6.45) is 6.86. The summed E-state index contributed by atoms with van der Waals surface area (Å²) in [4.78, 5) is 17.1. The topological polar surface area (TPSA) is 42.0 Å². The Labute approximate surface area is 107 Å². The molecule has 1 atom stereocenters. The standard InChI is InChI=1S/C13H16N2OS/c1-14-12(17)13(7-3-2-6-11(13)16)10-5-4-8-15-9-10/h4-5,8-9H,2-3,6-7H2,1H3,(H,14,17). The maximum absolute atomic E-state index is 12.4. The number of hydrogen-bond acceptors (Lipinski definition) is 3. The van der Waals surface area contributed by atoms with Crippen molar-refractivity contribution in [3.8, 4) is 0 Å². The summed E-state index contributed by atoms with van der Waals surface area (Å²) in [6, 6.07) is 3.80. The molecule has 90 valence electrons. The van der Waals surface area contributed by atoms with Gasteiger partial charge in [-0.15, -0.1) is 0 Å². The molecule has 0 spiro atoms. The first kappa shape index (κ1) is 12.2. The Morgan fingerprint density at radius 1 is 1.53 bits per heavy atom. The van der Waals surface area contributed by atoms with Crippen LogP contribution >= 0.6 is 12.2 Å². The predicted molar refractivity (Wildman–Crippen MR) is 71.0 cm³/mol. The lowest BCUT2D eigenvalue weighted by molar-refractivity contribution is -0.123. The van der Waals surface area contributed by atoms with Gasteiger partial charge in [0, 0.05) is 25.9 Å². The Hall–Kier alpha value is -1.29. The molecule has 1 aliphatic carbocycles. The molecule has 1 aromatic heterocycles. The first-order valence-corrected chi connectivity index (χ1v) is 6.28. The van der Waals surface area contributed by atoms with Crippen LogP contribution in [-0.2, 0) is 10.2 Å². The van der Waals surface area contributed by atoms with E-state index in [-0.39, 0.29) is 5.78 Å². The van der Waals surface area contributed by atoms with Gasteiger partial charge in [-0.1, -0.05) is 24.7 Å². The van der Waals surface area contributed by atoms with Crippen molar-refractivity contribution in [2.75, 3.05) is 7.05 Å². The largest absolute Gasteiger partial charge is 0.382 e. The van der Waals surface area contributed by atoms with Crippen LogP contribution in [-0.4, -0.2) is 22.8 Å². The molecule has 2 rings (SSSR count). The zero-order chi connectivity index (χ0) is 12.3. The van der Waals surface area contributed by atoms with Crippen LogP contribution in [0.5, 0.6) is 0 Å². The molecule has 1 aromatic rings. The Balaban J connectivity index is 2.50. The van der Waals surface area contributed by atoms with E-state index >= 15 is 0 Å². The molecule has 0 radical (unpaired) electrons. The van der Waals surface area contributed by atoms with E-state index in [0.717, 1.165) is 24.8 Å². The minimum absolute atomic E-state index is 0.219. The average molecular weight is 248 g/mol. The average Bonchev–Trinajstić information content (AvgIpc) is 2.39. The van der Waals surface area contributed by atoms with Gasteiger partial charge >= 0.3 is 0 Å². The lowest BCUT2D eigenvalue weighted by Crippen LogP contribution is -2.49. The quantitative estimate of drug-likeness (QED) is 0.813. The summed E-state index contributed by atoms with van der Waals surface area (Å²) in [5, 5.41) is 2.99. The smallest absolute Gasteiger partial charge is 0.150 e. The molecule has 1 saturated carbocycles. The van der Waals surface area contributed by atoms with E-state index < -0.39 is 5.41 Å². The summed E-state index contributed by atoms with van der Waals surface area (Å²) >= 11 is 5.39. The molecular weight excluding hydrogens is 232 g/mol. The van der Waals surface area contributed by atoms with E-state index in [1.54, 1.807) is 19.4 Å². The number of Topliss-reactive ketones (excluding diaryl/α,β-unsaturated/α-hetero) is 1. The normalized spacial score (nSPS) is 24.4. The summed E-state index contributed by atoms with van der Waals surface area (Å²) in [5.74, 6) is 0.219. The number of rotatable bonds is 2. The second-order valence-corrected chi connectivity index (χ2v) is 4.76. The Morgan fingerprint density at radius 3 is 2.94 bits per heavy atom. The van der Waals surface area contributed by atoms with Gasteiger partial charge in [0.2, 0.25) is 0 Å². The van der Waals surface area contributed by atoms with Gasteiger partial charge in [-0.25, -0.2) is 0 Å². The monoisotopic (exact) mass is 248 g/mol. The fourth-order valence-electron chi connectivity index (χ4n) is 2.53. The highest BCUT2D eigenvalue weighted by Crippen LogP contribution is 2.37. The van der Waals surface area contributed by atoms with Crippen molar-refractivity contribution in [1.29, 1.82) is 0 Å². The number of carbonyl (C=O) groups is 1. The predicted octanol–water partition coefficient (Wildman–Crippen LogP) is 2.01. The molecule has 1 aliphatic rings. The summed E-state index contributed by atoms with van der Waals surface area (Å²) in [5.41, 5.74) is 0.278. The van der Waals surface area contributed by atoms with E-state index in [1.807, 2.05) is 12.1 Å². The van der Waals surface area contributed by atoms with Crippen LogP contribution < -0.4 is 5.32 Å². The van der Waals surface area contributed by atoms with Gasteiger partial charge in [0.15, 0.2) is 0 Å². The maximum atomic E-state index is 12.4. The maximum Gasteiger partial charge on any atom is 0.150 e. The van der Waals surface area contributed by atoms with Crippen molar-refractivity contribution < 1.29 is 4.79 Å². The molecule has 4 heteroatoms. The molecule has 1 N–H and O–H groups in total. The van der Waals surface area contributed by atoms with Crippen molar-refractivity contribution in [3.05, 3.63) is 30.1 Å². The molecule has 1 unspecified atom stereocenters. The minimum atomic E-state index is -0.642. The third kappa shape index (κ3) is 1.97. The van der Waals surface area contributed by atoms with E-state index in [4.69, 9.17) is 12.2 Å². The number of ketones is 1. The third-order valence-corrected chi connectivity index (χ3v) is 4.00. The van der Waals surface area contributed by atoms with Crippen LogP contribution in [0.1, 0.15) is 31.2 Å². The van der Waals surface area contributed by atoms with E-state index in [0.29, 0.717) is 11.4 Å². The van der Waals surface area contributed by atoms with E-state index in [9.17, 15) is 4.79 Å². The molecule has 3 nitrogen and oxygen atoms in total. The highest BCUT2D eigenvalue weighted by atomic mass is 32.1. The van der Waals surface area contributed by atoms with Crippen LogP contribution in [0.2, 0.25) is 0 Å². The molecule has 0 bridgehead atoms. The second-order valence-electron chi connectivity index (χ2n) is 4.36. The van der Waals surface area contributed by atoms with Gasteiger partial charge in [-0.3, -0.25) is 9.78 Å². The first-order valence-electron chi connectivity index (χ1n) is 5.88. The molecule has 17 heavy (non-hydrogen) atoms. The third-order valence-electron chi connectivity index (χ3n) is 3.45. The molecule has 0 aliphatic heterocycles. The van der Waals surface area contributed by atoms with Crippen LogP contribution in [0, 0.1) is 0 Å². The number of hydrogen-bond donors (Lipinski definition) is 1. The highest BCUT2D eigenvalue weighted by Gasteiger charge is 2.44. The second kappa shape index (κ2) is 4.92. The number of nitrogens with zero attached hydrogens (tertiary/aromatic N) is 1. The van der Waals surface area contributed by atoms with Crippen LogP contribution in [0.25, 0.3) is 0 Å². The van der Waals surface area contributed by atoms with E-state index in [1.165, 1.54) is 0 Å². The highest BCUT2D eigenvalue weighted by molar-refractivity contribution is 7.80. The van der Waals surface area contributed by atoms with Gasteiger partial charge in [0.05, 0.1) is 4.99 Å². The Kier molecular flexibility index (Phi) is 3.52. The van der Waals surface area contributed by atoms with Crippen molar-refractivity contribution in [2.24, 2.45) is 0 Å². The fourth-order valence-corrected chi connectivity index (χ4v) is 2.87. The van der Waals surface area contributed by atoms with Gasteiger partial charge in [-0.05, 0) is 24.5 Å². The number of carbonyl (C=O) groups excluding carboxylic acids is 1. The van der Waals surface area contributed by atoms with Crippen LogP contribution in [0.4, 0.5) is 0 Å². The molecule has 0 amide bonds. The van der Waals surface area contributed by atoms with Crippen LogP contribution in [0.15, 0.2) is 24.5 Å². The fraction of sp³-hybridized carbons (Fsp3) is 0.462. The van der Waals surface area contributed by atoms with Gasteiger partial charge in [0.1, 0.15) is 11.2 Å². The molecule has 1 heterocycles. The zero-order valence-corrected chi connectivity index (χ0v) is 10.7. The number of likely N-dealkylation sites (N-methyl/N-ethyl adjacent to an activating group) is 1. The molecule has 1 fully saturated rings. The SMILES string of the molecule is CNC(=S)C1(c2cccnc2)CCCCC1=O. The van der Waals surface area contributed by atoms with Gasteiger partial charge in [0.25, 0.3) is 0 Å². The number of nitrogens with one attached hydrogen (secondary N) is 1. The Morgan fingerprint density at radius 2 is 2.35 bits per heavy atom. The number of pyridine rings is 1. The summed E-state index contributed by atoms with van der Waals surface area (Å²) in [7, 11) is 1.78. The number of aromatic nitrogens is 1. The first-order chi connectivity index (χ1) is 8.21. The lowest BCUT2D eigenvalue weighted by Gasteiger charge is -2.36. The summed E-state index contributed by atoms with van der Waals surface area (Å²) < 4.78 is 0. The zero-order valence-electron chi connectivity index (χ0n) is 9.90. The summed E-state index contributed by atoms with van der Waals surface area (Å²) in [6.45, 7) is 0. The van der Waals surface area contributed by atoms with Gasteiger partial charge in [-0.2, -0.15) is 0 Å². The number of thiocarbonyl (C=S) groups is 1. The molecule has 0 saturated heterocycles. The van der Waals surface area contributed by atoms with E-state index in [2.05, 4.69) is 10.3 Å². The van der Waals surface area contributed by atoms with Crippen molar-refractivity contribution in [2.45, 2.75) is 31.1 Å². The van der Waals surface area contributed by atoms with Crippen LogP contribution in [0.3, 0.4) is 0 Å². The molecule has 0 aromatic carbocycles. The molecular formula is C13H16N2OS. The van der Waals surface area contributed by atoms with Crippen molar-refractivity contribution >= 4 is 23.0 Å². The van der Waals surface area contributed by atoms with Crippen molar-refractivity contribution in [3.63, 3.8) is 0 Å². The minimum Gasteiger partial charge on any atom is -0.382 e. The van der Waals surface area contributed by atoms with Crippen molar-refractivity contribution in [1.82, 2.24) is 10.3 Å². The van der Waals surface area contributed by atoms with Gasteiger partial charge < -0.3 is 5.32 Å². The lowest BCUT2D eigenvalue weighted by atomic mass is 9.68.